The number of likely N-dealkylation sites (tertiary alicyclic amines) is 1. The number of rotatable bonds is 4. The SMILES string of the molecule is NC(=O)NCC1CCCN(C(=O)C2CCC(C(=O)O)C2)C1. The summed E-state index contributed by atoms with van der Waals surface area (Å²) in [6, 6.07) is -0.543. The predicted octanol–water partition coefficient (Wildman–Crippen LogP) is 0.394. The van der Waals surface area contributed by atoms with Crippen molar-refractivity contribution in [2.75, 3.05) is 19.6 Å². The Bertz CT molecular complexity index is 426. The van der Waals surface area contributed by atoms with Gasteiger partial charge in [-0.05, 0) is 38.0 Å². The Hall–Kier alpha value is -1.79. The first-order valence-electron chi connectivity index (χ1n) is 7.52. The van der Waals surface area contributed by atoms with Crippen molar-refractivity contribution in [3.63, 3.8) is 0 Å². The highest BCUT2D eigenvalue weighted by molar-refractivity contribution is 5.81. The van der Waals surface area contributed by atoms with E-state index in [2.05, 4.69) is 5.32 Å². The molecule has 0 aromatic carbocycles. The Morgan fingerprint density at radius 3 is 2.52 bits per heavy atom. The van der Waals surface area contributed by atoms with Crippen LogP contribution in [0.15, 0.2) is 0 Å². The van der Waals surface area contributed by atoms with Gasteiger partial charge in [0, 0.05) is 25.6 Å². The Labute approximate surface area is 123 Å². The zero-order chi connectivity index (χ0) is 15.4. The zero-order valence-electron chi connectivity index (χ0n) is 12.1. The summed E-state index contributed by atoms with van der Waals surface area (Å²) in [4.78, 5) is 36.0. The van der Waals surface area contributed by atoms with E-state index < -0.39 is 12.0 Å². The fourth-order valence-electron chi connectivity index (χ4n) is 3.37. The molecule has 1 aliphatic carbocycles. The number of nitrogens with two attached hydrogens (primary N) is 1. The summed E-state index contributed by atoms with van der Waals surface area (Å²) in [5.74, 6) is -1.04. The number of aliphatic carboxylic acids is 1. The monoisotopic (exact) mass is 297 g/mol. The maximum absolute atomic E-state index is 12.5. The number of urea groups is 1. The lowest BCUT2D eigenvalue weighted by atomic mass is 9.95. The van der Waals surface area contributed by atoms with Crippen LogP contribution in [0.5, 0.6) is 0 Å². The van der Waals surface area contributed by atoms with Crippen LogP contribution in [0.2, 0.25) is 0 Å². The molecule has 1 saturated carbocycles. The van der Waals surface area contributed by atoms with Crippen LogP contribution < -0.4 is 11.1 Å². The smallest absolute Gasteiger partial charge is 0.312 e. The van der Waals surface area contributed by atoms with E-state index in [-0.39, 0.29) is 23.7 Å². The van der Waals surface area contributed by atoms with E-state index in [1.165, 1.54) is 0 Å². The minimum Gasteiger partial charge on any atom is -0.481 e. The standard InChI is InChI=1S/C14H23N3O4/c15-14(21)16-7-9-2-1-5-17(8-9)12(18)10-3-4-11(6-10)13(19)20/h9-11H,1-8H2,(H,19,20)(H3,15,16,21). The fraction of sp³-hybridized carbons (Fsp3) is 0.786. The van der Waals surface area contributed by atoms with Gasteiger partial charge in [-0.15, -0.1) is 0 Å². The van der Waals surface area contributed by atoms with E-state index in [0.29, 0.717) is 32.4 Å². The molecule has 2 aliphatic rings. The van der Waals surface area contributed by atoms with Gasteiger partial charge in [0.2, 0.25) is 5.91 Å². The largest absolute Gasteiger partial charge is 0.481 e. The highest BCUT2D eigenvalue weighted by atomic mass is 16.4. The van der Waals surface area contributed by atoms with Crippen molar-refractivity contribution in [3.8, 4) is 0 Å². The van der Waals surface area contributed by atoms with E-state index in [0.717, 1.165) is 19.4 Å². The Kier molecular flexibility index (Phi) is 5.03. The lowest BCUT2D eigenvalue weighted by molar-refractivity contribution is -0.142. The van der Waals surface area contributed by atoms with Crippen LogP contribution in [-0.2, 0) is 9.59 Å². The van der Waals surface area contributed by atoms with Crippen molar-refractivity contribution in [1.29, 1.82) is 0 Å². The summed E-state index contributed by atoms with van der Waals surface area (Å²) in [6.07, 6.45) is 3.58. The molecule has 118 valence electrons. The molecule has 0 aromatic heterocycles. The number of nitrogens with zero attached hydrogens (tertiary/aromatic N) is 1. The molecule has 3 amide bonds. The quantitative estimate of drug-likeness (QED) is 0.696. The molecule has 4 N–H and O–H groups in total. The zero-order valence-corrected chi connectivity index (χ0v) is 12.1. The van der Waals surface area contributed by atoms with Gasteiger partial charge >= 0.3 is 12.0 Å². The number of hydrogen-bond acceptors (Lipinski definition) is 3. The molecule has 0 aromatic rings. The first-order chi connectivity index (χ1) is 9.97. The van der Waals surface area contributed by atoms with Crippen LogP contribution in [0, 0.1) is 17.8 Å². The third-order valence-electron chi connectivity index (χ3n) is 4.53. The molecular weight excluding hydrogens is 274 g/mol. The highest BCUT2D eigenvalue weighted by Gasteiger charge is 2.37. The Balaban J connectivity index is 1.85. The van der Waals surface area contributed by atoms with E-state index in [1.54, 1.807) is 0 Å². The molecule has 0 bridgehead atoms. The second-order valence-electron chi connectivity index (χ2n) is 6.08. The topological polar surface area (TPSA) is 113 Å². The molecule has 2 fully saturated rings. The lowest BCUT2D eigenvalue weighted by Gasteiger charge is -2.34. The number of nitrogens with one attached hydrogen (secondary N) is 1. The number of primary amides is 1. The number of carbonyl (C=O) groups excluding carboxylic acids is 2. The van der Waals surface area contributed by atoms with Gasteiger partial charge in [0.25, 0.3) is 0 Å². The molecule has 2 rings (SSSR count). The molecule has 3 atom stereocenters. The molecule has 3 unspecified atom stereocenters. The summed E-state index contributed by atoms with van der Waals surface area (Å²) in [6.45, 7) is 1.83. The third-order valence-corrected chi connectivity index (χ3v) is 4.53. The summed E-state index contributed by atoms with van der Waals surface area (Å²) >= 11 is 0. The number of hydrogen-bond donors (Lipinski definition) is 3. The molecule has 0 spiro atoms. The second-order valence-corrected chi connectivity index (χ2v) is 6.08. The molecular formula is C14H23N3O4. The molecule has 1 saturated heterocycles. The fourth-order valence-corrected chi connectivity index (χ4v) is 3.37. The molecule has 1 heterocycles. The van der Waals surface area contributed by atoms with E-state index in [4.69, 9.17) is 10.8 Å². The van der Waals surface area contributed by atoms with Gasteiger partial charge in [0.1, 0.15) is 0 Å². The first kappa shape index (κ1) is 15.6. The number of piperidine rings is 1. The average molecular weight is 297 g/mol. The molecule has 0 radical (unpaired) electrons. The van der Waals surface area contributed by atoms with Crippen molar-refractivity contribution in [2.24, 2.45) is 23.5 Å². The summed E-state index contributed by atoms with van der Waals surface area (Å²) < 4.78 is 0. The van der Waals surface area contributed by atoms with Crippen LogP contribution >= 0.6 is 0 Å². The van der Waals surface area contributed by atoms with Crippen LogP contribution in [-0.4, -0.2) is 47.5 Å². The van der Waals surface area contributed by atoms with E-state index in [9.17, 15) is 14.4 Å². The summed E-state index contributed by atoms with van der Waals surface area (Å²) in [7, 11) is 0. The number of carboxylic acids is 1. The van der Waals surface area contributed by atoms with Crippen molar-refractivity contribution >= 4 is 17.9 Å². The molecule has 21 heavy (non-hydrogen) atoms. The van der Waals surface area contributed by atoms with Crippen LogP contribution in [0.25, 0.3) is 0 Å². The third kappa shape index (κ3) is 4.09. The molecule has 7 nitrogen and oxygen atoms in total. The first-order valence-corrected chi connectivity index (χ1v) is 7.52. The van der Waals surface area contributed by atoms with Gasteiger partial charge in [-0.25, -0.2) is 4.79 Å². The van der Waals surface area contributed by atoms with Crippen LogP contribution in [0.3, 0.4) is 0 Å². The van der Waals surface area contributed by atoms with Crippen molar-refractivity contribution in [1.82, 2.24) is 10.2 Å². The predicted molar refractivity (Wildman–Crippen MR) is 75.4 cm³/mol. The second kappa shape index (κ2) is 6.78. The Morgan fingerprint density at radius 1 is 1.19 bits per heavy atom. The summed E-state index contributed by atoms with van der Waals surface area (Å²) in [5, 5.41) is 11.6. The van der Waals surface area contributed by atoms with E-state index in [1.807, 2.05) is 4.90 Å². The van der Waals surface area contributed by atoms with Gasteiger partial charge < -0.3 is 21.1 Å². The maximum Gasteiger partial charge on any atom is 0.312 e. The number of amides is 3. The van der Waals surface area contributed by atoms with Gasteiger partial charge in [0.15, 0.2) is 0 Å². The van der Waals surface area contributed by atoms with E-state index >= 15 is 0 Å². The maximum atomic E-state index is 12.5. The van der Waals surface area contributed by atoms with Crippen molar-refractivity contribution < 1.29 is 19.5 Å². The number of carbonyl (C=O) groups is 3. The van der Waals surface area contributed by atoms with Gasteiger partial charge in [-0.1, -0.05) is 0 Å². The Morgan fingerprint density at radius 2 is 1.90 bits per heavy atom. The lowest BCUT2D eigenvalue weighted by Crippen LogP contribution is -2.46. The molecule has 7 heteroatoms. The number of carboxylic acid groups (broad SMARTS) is 1. The minimum atomic E-state index is -0.799. The van der Waals surface area contributed by atoms with Crippen molar-refractivity contribution in [2.45, 2.75) is 32.1 Å². The highest BCUT2D eigenvalue weighted by Crippen LogP contribution is 2.33. The van der Waals surface area contributed by atoms with Gasteiger partial charge in [-0.2, -0.15) is 0 Å². The van der Waals surface area contributed by atoms with Crippen LogP contribution in [0.4, 0.5) is 4.79 Å². The van der Waals surface area contributed by atoms with Crippen molar-refractivity contribution in [3.05, 3.63) is 0 Å². The normalized spacial score (nSPS) is 29.1. The summed E-state index contributed by atoms with van der Waals surface area (Å²) in [5.41, 5.74) is 5.06. The van der Waals surface area contributed by atoms with Gasteiger partial charge in [-0.3, -0.25) is 9.59 Å². The average Bonchev–Trinajstić information content (AvgIpc) is 2.94. The van der Waals surface area contributed by atoms with Crippen LogP contribution in [0.1, 0.15) is 32.1 Å². The minimum absolute atomic E-state index is 0.0718. The molecule has 1 aliphatic heterocycles. The van der Waals surface area contributed by atoms with Gasteiger partial charge in [0.05, 0.1) is 5.92 Å².